The van der Waals surface area contributed by atoms with Crippen molar-refractivity contribution in [2.75, 3.05) is 13.0 Å². The molecule has 2 aromatic rings. The highest BCUT2D eigenvalue weighted by atomic mass is 15.1. The Hall–Kier alpha value is -2.09. The van der Waals surface area contributed by atoms with Gasteiger partial charge < -0.3 is 5.32 Å². The van der Waals surface area contributed by atoms with Crippen LogP contribution in [-0.2, 0) is 5.41 Å². The molecule has 1 N–H and O–H groups in total. The lowest BCUT2D eigenvalue weighted by atomic mass is 9.85. The third-order valence-electron chi connectivity index (χ3n) is 4.29. The Labute approximate surface area is 125 Å². The molecule has 2 nitrogen and oxygen atoms in total. The van der Waals surface area contributed by atoms with E-state index in [9.17, 15) is 0 Å². The summed E-state index contributed by atoms with van der Waals surface area (Å²) in [6, 6.07) is 20.2. The van der Waals surface area contributed by atoms with Gasteiger partial charge in [-0.15, -0.1) is 0 Å². The molecule has 2 aromatic carbocycles. The van der Waals surface area contributed by atoms with Crippen molar-refractivity contribution < 1.29 is 5.48 Å². The quantitative estimate of drug-likeness (QED) is 0.907. The van der Waals surface area contributed by atoms with Crippen LogP contribution in [0, 0.1) is 5.92 Å². The molecule has 2 aliphatic rings. The van der Waals surface area contributed by atoms with E-state index in [2.05, 4.69) is 34.6 Å². The maximum atomic E-state index is 7.85. The molecule has 0 aromatic heterocycles. The van der Waals surface area contributed by atoms with Crippen molar-refractivity contribution in [3.8, 4) is 0 Å². The van der Waals surface area contributed by atoms with Gasteiger partial charge in [-0.2, -0.15) is 0 Å². The molecule has 100 valence electrons. The zero-order chi connectivity index (χ0) is 17.0. The zero-order valence-electron chi connectivity index (χ0n) is 15.0. The minimum absolute atomic E-state index is 0.0463. The van der Waals surface area contributed by atoms with Crippen molar-refractivity contribution in [1.82, 2.24) is 5.32 Å². The van der Waals surface area contributed by atoms with Gasteiger partial charge in [-0.05, 0) is 17.5 Å². The van der Waals surface area contributed by atoms with Crippen molar-refractivity contribution in [1.29, 1.82) is 0 Å². The van der Waals surface area contributed by atoms with Crippen LogP contribution in [0.3, 0.4) is 0 Å². The lowest BCUT2D eigenvalue weighted by Gasteiger charge is -2.19. The molecule has 0 amide bonds. The van der Waals surface area contributed by atoms with E-state index in [1.54, 1.807) is 0 Å². The van der Waals surface area contributed by atoms with Gasteiger partial charge in [0.05, 0.1) is 12.0 Å². The fourth-order valence-corrected chi connectivity index (χ4v) is 3.24. The van der Waals surface area contributed by atoms with E-state index in [1.807, 2.05) is 36.4 Å². The van der Waals surface area contributed by atoms with Crippen LogP contribution in [0.15, 0.2) is 65.7 Å². The first-order valence-electron chi connectivity index (χ1n) is 8.86. The van der Waals surface area contributed by atoms with Crippen LogP contribution in [0.1, 0.15) is 23.0 Å². The van der Waals surface area contributed by atoms with Gasteiger partial charge in [0.15, 0.2) is 0 Å². The molecule has 4 rings (SSSR count). The van der Waals surface area contributed by atoms with E-state index in [0.29, 0.717) is 5.84 Å². The van der Waals surface area contributed by atoms with E-state index in [1.165, 1.54) is 0 Å². The first-order valence-corrected chi connectivity index (χ1v) is 6.86. The number of rotatable bonds is 3. The van der Waals surface area contributed by atoms with Crippen LogP contribution in [0.2, 0.25) is 0 Å². The second-order valence-corrected chi connectivity index (χ2v) is 5.32. The monoisotopic (exact) mass is 266 g/mol. The van der Waals surface area contributed by atoms with Crippen molar-refractivity contribution in [2.24, 2.45) is 10.9 Å². The molecule has 0 bridgehead atoms. The predicted molar refractivity (Wildman–Crippen MR) is 82.1 cm³/mol. The molecule has 0 unspecified atom stereocenters. The topological polar surface area (TPSA) is 24.4 Å². The largest absolute Gasteiger partial charge is 0.372 e. The van der Waals surface area contributed by atoms with Gasteiger partial charge in [0.1, 0.15) is 5.84 Å². The number of hydrogen-bond donors (Lipinski definition) is 1. The molecule has 2 heteroatoms. The maximum absolute atomic E-state index is 7.85. The van der Waals surface area contributed by atoms with Gasteiger partial charge in [-0.25, -0.2) is 0 Å². The molecule has 1 saturated carbocycles. The molecule has 0 saturated heterocycles. The highest BCUT2D eigenvalue weighted by molar-refractivity contribution is 5.91. The second kappa shape index (κ2) is 4.48. The fraction of sp³-hybridized carbons (Fsp3) is 0.278. The van der Waals surface area contributed by atoms with Gasteiger partial charge >= 0.3 is 0 Å². The molecular weight excluding hydrogens is 244 g/mol. The van der Waals surface area contributed by atoms with Crippen LogP contribution < -0.4 is 5.32 Å². The van der Waals surface area contributed by atoms with Crippen molar-refractivity contribution in [2.45, 2.75) is 11.8 Å². The Bertz CT molecular complexity index is 748. The normalized spacial score (nSPS) is 31.0. The number of amidine groups is 1. The van der Waals surface area contributed by atoms with Gasteiger partial charge in [0.25, 0.3) is 0 Å². The lowest BCUT2D eigenvalue weighted by molar-refractivity contribution is 0.795. The summed E-state index contributed by atoms with van der Waals surface area (Å²) in [7, 11) is 0. The molecule has 1 atom stereocenters. The van der Waals surface area contributed by atoms with Crippen molar-refractivity contribution in [3.05, 3.63) is 71.8 Å². The number of hydrogen-bond acceptors (Lipinski definition) is 2. The average Bonchev–Trinajstić information content (AvgIpc) is 3.27. The van der Waals surface area contributed by atoms with Crippen LogP contribution in [0.25, 0.3) is 0 Å². The summed E-state index contributed by atoms with van der Waals surface area (Å²) in [5.41, 5.74) is 2.03. The summed E-state index contributed by atoms with van der Waals surface area (Å²) in [6.07, 6.45) is 0.791. The summed E-state index contributed by atoms with van der Waals surface area (Å²) >= 11 is 0. The maximum Gasteiger partial charge on any atom is 0.101 e. The van der Waals surface area contributed by atoms with E-state index in [0.717, 1.165) is 17.5 Å². The van der Waals surface area contributed by atoms with Crippen LogP contribution in [0.5, 0.6) is 0 Å². The smallest absolute Gasteiger partial charge is 0.101 e. The van der Waals surface area contributed by atoms with Crippen LogP contribution in [-0.4, -0.2) is 18.8 Å². The summed E-state index contributed by atoms with van der Waals surface area (Å²) in [5.74, 6) is 0.382. The summed E-state index contributed by atoms with van der Waals surface area (Å²) in [6.45, 7) is -4.42. The van der Waals surface area contributed by atoms with Crippen molar-refractivity contribution in [3.63, 3.8) is 0 Å². The molecule has 0 spiro atoms. The minimum atomic E-state index is -2.25. The van der Waals surface area contributed by atoms with Gasteiger partial charge in [-0.3, -0.25) is 4.99 Å². The predicted octanol–water partition coefficient (Wildman–Crippen LogP) is 2.99. The zero-order valence-corrected chi connectivity index (χ0v) is 11.0. The molecule has 1 heterocycles. The van der Waals surface area contributed by atoms with E-state index in [4.69, 9.17) is 5.48 Å². The van der Waals surface area contributed by atoms with Crippen LogP contribution >= 0.6 is 0 Å². The minimum Gasteiger partial charge on any atom is -0.372 e. The number of benzene rings is 2. The third kappa shape index (κ3) is 1.68. The Balaban J connectivity index is 1.77. The Kier molecular flexibility index (Phi) is 1.85. The molecule has 0 radical (unpaired) electrons. The lowest BCUT2D eigenvalue weighted by Crippen LogP contribution is -2.25. The summed E-state index contributed by atoms with van der Waals surface area (Å²) < 4.78 is 31.3. The number of nitrogens with one attached hydrogen (secondary N) is 1. The number of aliphatic imine (C=N–C) groups is 1. The molecular formula is C18H18N2. The SMILES string of the molecule is [2H]C1([2H])N=C([C@@H]2CC2(c2ccccc2)c2ccccc2)NC1([2H])[2H]. The Morgan fingerprint density at radius 3 is 2.10 bits per heavy atom. The highest BCUT2D eigenvalue weighted by Crippen LogP contribution is 2.59. The molecule has 1 aliphatic carbocycles. The van der Waals surface area contributed by atoms with Crippen LogP contribution in [0.4, 0.5) is 0 Å². The fourth-order valence-electron chi connectivity index (χ4n) is 3.24. The first-order chi connectivity index (χ1) is 11.4. The van der Waals surface area contributed by atoms with E-state index in [-0.39, 0.29) is 11.3 Å². The molecule has 20 heavy (non-hydrogen) atoms. The highest BCUT2D eigenvalue weighted by Gasteiger charge is 2.59. The average molecular weight is 266 g/mol. The third-order valence-corrected chi connectivity index (χ3v) is 4.29. The number of nitrogens with zero attached hydrogens (tertiary/aromatic N) is 1. The summed E-state index contributed by atoms with van der Waals surface area (Å²) in [5, 5.41) is 2.69. The van der Waals surface area contributed by atoms with Gasteiger partial charge in [-0.1, -0.05) is 60.7 Å². The van der Waals surface area contributed by atoms with E-state index < -0.39 is 13.0 Å². The van der Waals surface area contributed by atoms with E-state index >= 15 is 0 Å². The first kappa shape index (κ1) is 8.25. The molecule has 1 aliphatic heterocycles. The molecule has 1 fully saturated rings. The second-order valence-electron chi connectivity index (χ2n) is 5.32. The van der Waals surface area contributed by atoms with Gasteiger partial charge in [0, 0.05) is 17.8 Å². The Morgan fingerprint density at radius 1 is 1.00 bits per heavy atom. The Morgan fingerprint density at radius 2 is 1.60 bits per heavy atom. The van der Waals surface area contributed by atoms with Gasteiger partial charge in [0.2, 0.25) is 0 Å². The standard InChI is InChI=1S/C18H18N2/c1-3-7-14(8-4-1)18(15-9-5-2-6-10-15)13-16(18)17-19-11-12-20-17/h1-10,16H,11-13H2,(H,19,20)/t16-/m0/s1/i11D2,12D2. The van der Waals surface area contributed by atoms with Crippen molar-refractivity contribution >= 4 is 5.84 Å². The summed E-state index contributed by atoms with van der Waals surface area (Å²) in [4.78, 5) is 4.05.